The smallest absolute Gasteiger partial charge is 0.462 e. The van der Waals surface area contributed by atoms with Gasteiger partial charge in [-0.3, -0.25) is 23.2 Å². The Balaban J connectivity index is 1.40. The van der Waals surface area contributed by atoms with Crippen molar-refractivity contribution in [1.29, 1.82) is 0 Å². The molecule has 4 unspecified atom stereocenters. The van der Waals surface area contributed by atoms with Crippen molar-refractivity contribution in [1.82, 2.24) is 9.55 Å². The number of anilines is 1. The van der Waals surface area contributed by atoms with Crippen molar-refractivity contribution in [2.45, 2.75) is 224 Å². The molecule has 3 heterocycles. The summed E-state index contributed by atoms with van der Waals surface area (Å²) >= 11 is 0. The third-order valence-corrected chi connectivity index (χ3v) is 14.6. The van der Waals surface area contributed by atoms with Crippen molar-refractivity contribution >= 4 is 33.4 Å². The Morgan fingerprint density at radius 3 is 2.00 bits per heavy atom. The van der Waals surface area contributed by atoms with Crippen LogP contribution in [0, 0.1) is 5.92 Å². The molecule has 0 aromatic carbocycles. The average Bonchev–Trinajstić information content (AvgIpc) is 3.97. The van der Waals surface area contributed by atoms with Crippen LogP contribution in [0.4, 0.5) is 5.82 Å². The number of ether oxygens (including phenoxy) is 4. The van der Waals surface area contributed by atoms with Gasteiger partial charge in [0.05, 0.1) is 25.4 Å². The molecule has 68 heavy (non-hydrogen) atoms. The van der Waals surface area contributed by atoms with Gasteiger partial charge < -0.3 is 44.7 Å². The lowest BCUT2D eigenvalue weighted by Gasteiger charge is -2.21. The zero-order valence-electron chi connectivity index (χ0n) is 40.8. The van der Waals surface area contributed by atoms with Gasteiger partial charge in [-0.1, -0.05) is 142 Å². The molecule has 0 radical (unpaired) electrons. The number of hydrogen-bond donors (Lipinski definition) is 5. The monoisotopic (exact) mass is 1010 g/mol. The third-order valence-electron chi connectivity index (χ3n) is 12.0. The minimum Gasteiger partial charge on any atom is -0.462 e. The first kappa shape index (κ1) is 59.8. The van der Waals surface area contributed by atoms with Gasteiger partial charge in [0.1, 0.15) is 30.7 Å². The second kappa shape index (κ2) is 33.2. The first-order chi connectivity index (χ1) is 32.5. The van der Waals surface area contributed by atoms with E-state index in [-0.39, 0.29) is 18.7 Å². The molecule has 0 spiro atoms. The van der Waals surface area contributed by atoms with Crippen molar-refractivity contribution in [3.05, 3.63) is 34.9 Å². The van der Waals surface area contributed by atoms with Crippen LogP contribution in [0.2, 0.25) is 0 Å². The Labute approximate surface area is 403 Å². The Hall–Kier alpha value is -2.54. The van der Waals surface area contributed by atoms with E-state index < -0.39 is 83.7 Å². The number of carbonyl (C=O) groups is 2. The molecule has 0 aliphatic carbocycles. The minimum absolute atomic E-state index is 0.0478. The molecule has 2 aliphatic heterocycles. The lowest BCUT2D eigenvalue weighted by atomic mass is 10.0. The van der Waals surface area contributed by atoms with Gasteiger partial charge in [-0.25, -0.2) is 13.9 Å². The topological polar surface area (TPSA) is 278 Å². The summed E-state index contributed by atoms with van der Waals surface area (Å²) in [6.45, 7) is 4.41. The number of phosphoric ester groups is 2. The second-order valence-electron chi connectivity index (χ2n) is 18.5. The number of carbonyl (C=O) groups excluding carboxylic acids is 2. The number of rotatable bonds is 40. The van der Waals surface area contributed by atoms with Crippen molar-refractivity contribution in [2.24, 2.45) is 5.92 Å². The van der Waals surface area contributed by atoms with Gasteiger partial charge in [0, 0.05) is 19.0 Å². The Kier molecular flexibility index (Phi) is 29.2. The number of nitrogens with zero attached hydrogens (tertiary/aromatic N) is 2. The molecule has 392 valence electrons. The molecule has 2 saturated heterocycles. The molecule has 6 N–H and O–H groups in total. The highest BCUT2D eigenvalue weighted by atomic mass is 31.3. The van der Waals surface area contributed by atoms with E-state index in [0.717, 1.165) is 87.3 Å². The van der Waals surface area contributed by atoms with Gasteiger partial charge >= 0.3 is 33.3 Å². The Morgan fingerprint density at radius 2 is 1.37 bits per heavy atom. The third kappa shape index (κ3) is 26.1. The molecule has 9 atom stereocenters. The summed E-state index contributed by atoms with van der Waals surface area (Å²) in [7, 11) is -10.8. The lowest BCUT2D eigenvalue weighted by Crippen LogP contribution is -2.36. The molecule has 0 amide bonds. The van der Waals surface area contributed by atoms with E-state index in [1.54, 1.807) is 0 Å². The largest absolute Gasteiger partial charge is 0.481 e. The van der Waals surface area contributed by atoms with Crippen molar-refractivity contribution in [3.63, 3.8) is 0 Å². The van der Waals surface area contributed by atoms with Crippen molar-refractivity contribution < 1.29 is 71.0 Å². The number of epoxide rings is 1. The summed E-state index contributed by atoms with van der Waals surface area (Å²) in [4.78, 5) is 61.9. The molecule has 3 rings (SSSR count). The van der Waals surface area contributed by atoms with Gasteiger partial charge in [-0.2, -0.15) is 9.29 Å². The number of aromatic nitrogens is 2. The highest BCUT2D eigenvalue weighted by Gasteiger charge is 2.46. The van der Waals surface area contributed by atoms with Gasteiger partial charge in [0.15, 0.2) is 12.3 Å². The minimum atomic E-state index is -5.42. The fourth-order valence-corrected chi connectivity index (χ4v) is 10.0. The summed E-state index contributed by atoms with van der Waals surface area (Å²) in [6, 6.07) is 1.25. The van der Waals surface area contributed by atoms with E-state index in [9.17, 15) is 43.5 Å². The second-order valence-corrected chi connectivity index (χ2v) is 21.6. The van der Waals surface area contributed by atoms with Crippen LogP contribution in [0.1, 0.15) is 188 Å². The molecule has 2 aliphatic rings. The number of phosphoric acid groups is 2. The van der Waals surface area contributed by atoms with Crippen molar-refractivity contribution in [2.75, 3.05) is 25.6 Å². The molecule has 0 bridgehead atoms. The Morgan fingerprint density at radius 1 is 0.765 bits per heavy atom. The van der Waals surface area contributed by atoms with Crippen LogP contribution in [0.3, 0.4) is 0 Å². The predicted octanol–water partition coefficient (Wildman–Crippen LogP) is 8.90. The van der Waals surface area contributed by atoms with E-state index in [0.29, 0.717) is 25.0 Å². The maximum Gasteiger partial charge on any atom is 0.481 e. The molecular formula is C47H83N3O16P2. The maximum atomic E-state index is 12.9. The average molecular weight is 1010 g/mol. The summed E-state index contributed by atoms with van der Waals surface area (Å²) in [6.07, 6.45) is 23.3. The number of nitrogens with two attached hydrogens (primary N) is 1. The quantitative estimate of drug-likeness (QED) is 0.0135. The van der Waals surface area contributed by atoms with Crippen LogP contribution in [0.15, 0.2) is 29.2 Å². The van der Waals surface area contributed by atoms with Gasteiger partial charge in [0.2, 0.25) is 0 Å². The fourth-order valence-electron chi connectivity index (χ4n) is 7.92. The van der Waals surface area contributed by atoms with E-state index >= 15 is 0 Å². The standard InChI is InChI=1S/C47H83N3O16P2/c1-4-5-21-27-38-39(64-38)28-23-18-14-11-12-15-19-24-29-42(51)60-33-37(63-43(52)30-25-20-16-10-8-6-7-9-13-17-22-26-36(2)3)34-61-67(56,57)66-68(58,59)62-35-40-44(53)45(54)46(65-40)50-32-31-41(48)49-47(50)55/h18,23,31-32,36-40,44-46,53-54H,4-17,19-22,24-30,33-35H2,1-3H3,(H,56,57)(H,58,59)(H2,48,49,55)/b23-18-/t37-,38?,39?,40-,44-,45-,46-/m1/s1. The molecule has 0 saturated carbocycles. The summed E-state index contributed by atoms with van der Waals surface area (Å²) < 4.78 is 62.5. The van der Waals surface area contributed by atoms with Gasteiger partial charge in [0.25, 0.3) is 0 Å². The fraction of sp³-hybridized carbons (Fsp3) is 0.830. The highest BCUT2D eigenvalue weighted by Crippen LogP contribution is 2.60. The Bertz CT molecular complexity index is 1770. The first-order valence-corrected chi connectivity index (χ1v) is 28.2. The molecular weight excluding hydrogens is 924 g/mol. The first-order valence-electron chi connectivity index (χ1n) is 25.2. The molecule has 2 fully saturated rings. The van der Waals surface area contributed by atoms with E-state index in [4.69, 9.17) is 33.7 Å². The lowest BCUT2D eigenvalue weighted by molar-refractivity contribution is -0.161. The summed E-state index contributed by atoms with van der Waals surface area (Å²) in [5.74, 6) is -0.550. The molecule has 1 aromatic rings. The molecule has 19 nitrogen and oxygen atoms in total. The SMILES string of the molecule is CCCCCC1OC1C/C=C\CCCCCCCC(=O)OC[C@H](COP(=O)(O)OP(=O)(O)OC[C@H]1O[C@@H](n2ccc(N)nc2=O)[C@H](O)[C@@H]1O)OC(=O)CCCCCCCCCCCCCC(C)C. The van der Waals surface area contributed by atoms with Crippen LogP contribution in [0.25, 0.3) is 0 Å². The van der Waals surface area contributed by atoms with Crippen LogP contribution < -0.4 is 11.4 Å². The molecule has 21 heteroatoms. The number of aliphatic hydroxyl groups excluding tert-OH is 2. The number of esters is 2. The zero-order chi connectivity index (χ0) is 49.8. The van der Waals surface area contributed by atoms with Crippen LogP contribution in [-0.2, 0) is 51.0 Å². The van der Waals surface area contributed by atoms with Crippen LogP contribution in [0.5, 0.6) is 0 Å². The van der Waals surface area contributed by atoms with Gasteiger partial charge in [-0.15, -0.1) is 0 Å². The van der Waals surface area contributed by atoms with Crippen LogP contribution >= 0.6 is 15.6 Å². The van der Waals surface area contributed by atoms with E-state index in [2.05, 4.69) is 42.2 Å². The summed E-state index contributed by atoms with van der Waals surface area (Å²) in [5, 5.41) is 20.9. The number of hydrogen-bond acceptors (Lipinski definition) is 16. The number of unbranched alkanes of at least 4 members (excludes halogenated alkanes) is 17. The number of allylic oxidation sites excluding steroid dienone is 1. The van der Waals surface area contributed by atoms with Crippen LogP contribution in [-0.4, -0.2) is 97.9 Å². The van der Waals surface area contributed by atoms with E-state index in [1.807, 2.05) is 0 Å². The normalized spacial score (nSPS) is 22.6. The summed E-state index contributed by atoms with van der Waals surface area (Å²) in [5.41, 5.74) is 4.59. The predicted molar refractivity (Wildman–Crippen MR) is 256 cm³/mol. The number of nitrogen functional groups attached to an aromatic ring is 1. The molecule has 1 aromatic heterocycles. The number of aliphatic hydroxyl groups is 2. The maximum absolute atomic E-state index is 12.9. The zero-order valence-corrected chi connectivity index (χ0v) is 42.6. The van der Waals surface area contributed by atoms with E-state index in [1.165, 1.54) is 70.3 Å². The highest BCUT2D eigenvalue weighted by molar-refractivity contribution is 7.61. The van der Waals surface area contributed by atoms with Crippen molar-refractivity contribution in [3.8, 4) is 0 Å². The van der Waals surface area contributed by atoms with Gasteiger partial charge in [-0.05, 0) is 50.5 Å².